The molecule has 1 aromatic carbocycles. The van der Waals surface area contributed by atoms with E-state index >= 15 is 0 Å². The second-order valence-electron chi connectivity index (χ2n) is 4.78. The largest absolute Gasteiger partial charge is 0.370 e. The van der Waals surface area contributed by atoms with Crippen LogP contribution >= 0.6 is 0 Å². The van der Waals surface area contributed by atoms with Crippen LogP contribution in [0, 0.1) is 24.0 Å². The first-order valence-electron chi connectivity index (χ1n) is 6.75. The first-order valence-corrected chi connectivity index (χ1v) is 6.75. The molecule has 0 amide bonds. The Morgan fingerprint density at radius 3 is 2.57 bits per heavy atom. The van der Waals surface area contributed by atoms with Crippen LogP contribution in [-0.4, -0.2) is 16.5 Å². The fourth-order valence-corrected chi connectivity index (χ4v) is 1.93. The third-order valence-electron chi connectivity index (χ3n) is 3.20. The maximum Gasteiger partial charge on any atom is 0.311 e. The van der Waals surface area contributed by atoms with E-state index in [4.69, 9.17) is 0 Å². The lowest BCUT2D eigenvalue weighted by atomic mass is 10.1. The van der Waals surface area contributed by atoms with Crippen molar-refractivity contribution in [3.63, 3.8) is 0 Å². The Hall–Kier alpha value is -2.63. The second kappa shape index (κ2) is 6.21. The summed E-state index contributed by atoms with van der Waals surface area (Å²) in [6.07, 6.45) is 0. The summed E-state index contributed by atoms with van der Waals surface area (Å²) in [5, 5.41) is 17.2. The third-order valence-corrected chi connectivity index (χ3v) is 3.20. The zero-order valence-corrected chi connectivity index (χ0v) is 12.3. The van der Waals surface area contributed by atoms with Gasteiger partial charge in [0.2, 0.25) is 5.82 Å². The van der Waals surface area contributed by atoms with Gasteiger partial charge in [-0.2, -0.15) is 0 Å². The summed E-state index contributed by atoms with van der Waals surface area (Å²) in [5.74, 6) is 0.844. The fraction of sp³-hybridized carbons (Fsp3) is 0.267. The zero-order chi connectivity index (χ0) is 15.4. The first-order chi connectivity index (χ1) is 10.0. The summed E-state index contributed by atoms with van der Waals surface area (Å²) in [5.41, 5.74) is 3.02. The molecule has 2 N–H and O–H groups in total. The number of benzene rings is 1. The van der Waals surface area contributed by atoms with Crippen LogP contribution in [0.1, 0.15) is 18.1 Å². The molecule has 1 aromatic heterocycles. The van der Waals surface area contributed by atoms with E-state index in [0.717, 1.165) is 11.3 Å². The number of nitrogens with one attached hydrogen (secondary N) is 2. The average Bonchev–Trinajstić information content (AvgIpc) is 2.43. The molecule has 6 nitrogen and oxygen atoms in total. The lowest BCUT2D eigenvalue weighted by Crippen LogP contribution is -2.04. The van der Waals surface area contributed by atoms with Gasteiger partial charge in [-0.25, -0.2) is 4.98 Å². The molecule has 0 aliphatic rings. The van der Waals surface area contributed by atoms with Gasteiger partial charge in [-0.05, 0) is 50.1 Å². The molecule has 0 bridgehead atoms. The molecule has 1 heterocycles. The van der Waals surface area contributed by atoms with Crippen molar-refractivity contribution >= 4 is 23.0 Å². The lowest BCUT2D eigenvalue weighted by Gasteiger charge is -2.10. The Bertz CT molecular complexity index is 671. The maximum absolute atomic E-state index is 11.1. The van der Waals surface area contributed by atoms with Crippen LogP contribution in [0.2, 0.25) is 0 Å². The number of nitro groups is 1. The summed E-state index contributed by atoms with van der Waals surface area (Å²) < 4.78 is 0. The van der Waals surface area contributed by atoms with Gasteiger partial charge in [0.25, 0.3) is 0 Å². The summed E-state index contributed by atoms with van der Waals surface area (Å²) in [6.45, 7) is 6.66. The minimum atomic E-state index is -0.438. The molecular formula is C15H18N4O2. The van der Waals surface area contributed by atoms with E-state index in [-0.39, 0.29) is 11.5 Å². The minimum absolute atomic E-state index is 0.0464. The Morgan fingerprint density at radius 1 is 1.19 bits per heavy atom. The van der Waals surface area contributed by atoms with Crippen molar-refractivity contribution in [2.24, 2.45) is 0 Å². The number of hydrogen-bond acceptors (Lipinski definition) is 5. The molecule has 0 aliphatic carbocycles. The molecule has 0 saturated carbocycles. The van der Waals surface area contributed by atoms with Crippen LogP contribution in [-0.2, 0) is 0 Å². The van der Waals surface area contributed by atoms with Crippen LogP contribution in [0.3, 0.4) is 0 Å². The predicted octanol–water partition coefficient (Wildman–Crippen LogP) is 3.78. The number of aryl methyl sites for hydroxylation is 2. The molecule has 6 heteroatoms. The quantitative estimate of drug-likeness (QED) is 0.645. The highest BCUT2D eigenvalue weighted by atomic mass is 16.6. The minimum Gasteiger partial charge on any atom is -0.370 e. The van der Waals surface area contributed by atoms with Crippen LogP contribution in [0.15, 0.2) is 30.3 Å². The van der Waals surface area contributed by atoms with Gasteiger partial charge in [-0.15, -0.1) is 0 Å². The SMILES string of the molecule is CCNc1ccc([N+](=O)[O-])c(Nc2ccc(C)c(C)c2)n1. The molecule has 0 unspecified atom stereocenters. The molecular weight excluding hydrogens is 268 g/mol. The van der Waals surface area contributed by atoms with Gasteiger partial charge in [0.15, 0.2) is 0 Å². The lowest BCUT2D eigenvalue weighted by molar-refractivity contribution is -0.384. The van der Waals surface area contributed by atoms with Gasteiger partial charge < -0.3 is 10.6 Å². The van der Waals surface area contributed by atoms with Crippen molar-refractivity contribution < 1.29 is 4.92 Å². The van der Waals surface area contributed by atoms with Crippen molar-refractivity contribution in [3.05, 3.63) is 51.6 Å². The molecule has 2 rings (SSSR count). The van der Waals surface area contributed by atoms with Crippen molar-refractivity contribution in [1.29, 1.82) is 0 Å². The predicted molar refractivity (Wildman–Crippen MR) is 84.3 cm³/mol. The van der Waals surface area contributed by atoms with Crippen molar-refractivity contribution in [1.82, 2.24) is 4.98 Å². The number of hydrogen-bond donors (Lipinski definition) is 2. The number of rotatable bonds is 5. The number of nitrogens with zero attached hydrogens (tertiary/aromatic N) is 2. The van der Waals surface area contributed by atoms with Gasteiger partial charge in [-0.1, -0.05) is 6.07 Å². The molecule has 0 saturated heterocycles. The van der Waals surface area contributed by atoms with Crippen LogP contribution in [0.5, 0.6) is 0 Å². The Labute approximate surface area is 123 Å². The molecule has 0 atom stereocenters. The average molecular weight is 286 g/mol. The topological polar surface area (TPSA) is 80.1 Å². The molecule has 0 spiro atoms. The van der Waals surface area contributed by atoms with Crippen LogP contribution < -0.4 is 10.6 Å². The normalized spacial score (nSPS) is 10.2. The van der Waals surface area contributed by atoms with Gasteiger partial charge in [-0.3, -0.25) is 10.1 Å². The van der Waals surface area contributed by atoms with E-state index in [1.165, 1.54) is 11.6 Å². The smallest absolute Gasteiger partial charge is 0.311 e. The molecule has 2 aromatic rings. The van der Waals surface area contributed by atoms with E-state index in [1.54, 1.807) is 6.07 Å². The van der Waals surface area contributed by atoms with Crippen molar-refractivity contribution in [2.75, 3.05) is 17.2 Å². The van der Waals surface area contributed by atoms with E-state index in [1.807, 2.05) is 39.0 Å². The molecule has 0 radical (unpaired) electrons. The zero-order valence-electron chi connectivity index (χ0n) is 12.3. The number of anilines is 3. The standard InChI is InChI=1S/C15H18N4O2/c1-4-16-14-8-7-13(19(20)21)15(18-14)17-12-6-5-10(2)11(3)9-12/h5-9H,4H2,1-3H3,(H2,16,17,18). The first kappa shape index (κ1) is 14.8. The summed E-state index contributed by atoms with van der Waals surface area (Å²) in [4.78, 5) is 14.9. The van der Waals surface area contributed by atoms with E-state index < -0.39 is 4.92 Å². The molecule has 21 heavy (non-hydrogen) atoms. The van der Waals surface area contributed by atoms with Crippen molar-refractivity contribution in [2.45, 2.75) is 20.8 Å². The number of pyridine rings is 1. The highest BCUT2D eigenvalue weighted by Gasteiger charge is 2.16. The van der Waals surface area contributed by atoms with Crippen molar-refractivity contribution in [3.8, 4) is 0 Å². The summed E-state index contributed by atoms with van der Waals surface area (Å²) in [6, 6.07) is 8.85. The third kappa shape index (κ3) is 3.47. The Kier molecular flexibility index (Phi) is 4.37. The molecule has 0 fully saturated rings. The van der Waals surface area contributed by atoms with Gasteiger partial charge >= 0.3 is 5.69 Å². The van der Waals surface area contributed by atoms with Gasteiger partial charge in [0, 0.05) is 18.3 Å². The van der Waals surface area contributed by atoms with Gasteiger partial charge in [0.1, 0.15) is 5.82 Å². The summed E-state index contributed by atoms with van der Waals surface area (Å²) >= 11 is 0. The van der Waals surface area contributed by atoms with E-state index in [9.17, 15) is 10.1 Å². The Balaban J connectivity index is 2.37. The summed E-state index contributed by atoms with van der Waals surface area (Å²) in [7, 11) is 0. The fourth-order valence-electron chi connectivity index (χ4n) is 1.93. The van der Waals surface area contributed by atoms with Gasteiger partial charge in [0.05, 0.1) is 4.92 Å². The number of aromatic nitrogens is 1. The Morgan fingerprint density at radius 2 is 1.95 bits per heavy atom. The highest BCUT2D eigenvalue weighted by Crippen LogP contribution is 2.27. The van der Waals surface area contributed by atoms with E-state index in [0.29, 0.717) is 12.4 Å². The van der Waals surface area contributed by atoms with E-state index in [2.05, 4.69) is 15.6 Å². The second-order valence-corrected chi connectivity index (χ2v) is 4.78. The molecule has 110 valence electrons. The maximum atomic E-state index is 11.1. The van der Waals surface area contributed by atoms with Crippen LogP contribution in [0.25, 0.3) is 0 Å². The highest BCUT2D eigenvalue weighted by molar-refractivity contribution is 5.68. The van der Waals surface area contributed by atoms with Crippen LogP contribution in [0.4, 0.5) is 23.0 Å². The molecule has 0 aliphatic heterocycles. The monoisotopic (exact) mass is 286 g/mol.